The fourth-order valence-corrected chi connectivity index (χ4v) is 4.62. The second-order valence-electron chi connectivity index (χ2n) is 8.08. The van der Waals surface area contributed by atoms with Crippen LogP contribution < -0.4 is 10.6 Å². The van der Waals surface area contributed by atoms with E-state index >= 15 is 0 Å². The molecule has 3 saturated heterocycles. The van der Waals surface area contributed by atoms with Crippen molar-refractivity contribution < 1.29 is 14.0 Å². The SMILES string of the molecule is O=C(NC1CC2CCN(C2)C1)c1cc2cc(C(=O)N3CCNCC3)oc2cn1. The van der Waals surface area contributed by atoms with Crippen LogP contribution in [0.4, 0.5) is 0 Å². The van der Waals surface area contributed by atoms with Gasteiger partial charge < -0.3 is 24.9 Å². The minimum absolute atomic E-state index is 0.115. The summed E-state index contributed by atoms with van der Waals surface area (Å²) in [6, 6.07) is 3.60. The minimum Gasteiger partial charge on any atom is -0.449 e. The lowest BCUT2D eigenvalue weighted by molar-refractivity contribution is 0.0706. The Kier molecular flexibility index (Phi) is 4.52. The highest BCUT2D eigenvalue weighted by molar-refractivity contribution is 5.99. The van der Waals surface area contributed by atoms with Crippen LogP contribution in [-0.2, 0) is 0 Å². The second-order valence-corrected chi connectivity index (χ2v) is 8.08. The number of carbonyl (C=O) groups excluding carboxylic acids is 2. The van der Waals surface area contributed by atoms with Crippen molar-refractivity contribution in [3.05, 3.63) is 29.8 Å². The van der Waals surface area contributed by atoms with Gasteiger partial charge in [0.1, 0.15) is 5.69 Å². The van der Waals surface area contributed by atoms with Gasteiger partial charge in [-0.1, -0.05) is 0 Å². The second kappa shape index (κ2) is 7.18. The van der Waals surface area contributed by atoms with Gasteiger partial charge in [-0.3, -0.25) is 9.59 Å². The van der Waals surface area contributed by atoms with E-state index in [-0.39, 0.29) is 17.9 Å². The van der Waals surface area contributed by atoms with Crippen LogP contribution in [0.25, 0.3) is 11.0 Å². The topological polar surface area (TPSA) is 90.7 Å². The van der Waals surface area contributed by atoms with E-state index in [4.69, 9.17) is 4.42 Å². The lowest BCUT2D eigenvalue weighted by Gasteiger charge is -2.30. The maximum absolute atomic E-state index is 12.7. The maximum atomic E-state index is 12.7. The fourth-order valence-electron chi connectivity index (χ4n) is 4.62. The van der Waals surface area contributed by atoms with Crippen molar-refractivity contribution in [1.29, 1.82) is 0 Å². The minimum atomic E-state index is -0.161. The van der Waals surface area contributed by atoms with E-state index in [0.717, 1.165) is 44.5 Å². The summed E-state index contributed by atoms with van der Waals surface area (Å²) in [6.45, 7) is 6.13. The molecule has 2 N–H and O–H groups in total. The molecule has 0 radical (unpaired) electrons. The number of carbonyl (C=O) groups is 2. The number of aromatic nitrogens is 1. The Bertz CT molecular complexity index is 892. The molecule has 0 spiro atoms. The molecule has 0 aliphatic carbocycles. The molecule has 5 heterocycles. The summed E-state index contributed by atoms with van der Waals surface area (Å²) in [5, 5.41) is 7.08. The molecule has 8 nitrogen and oxygen atoms in total. The van der Waals surface area contributed by atoms with Crippen molar-refractivity contribution in [3.63, 3.8) is 0 Å². The number of fused-ring (bicyclic) bond motifs is 3. The van der Waals surface area contributed by atoms with Crippen LogP contribution in [0.2, 0.25) is 0 Å². The molecule has 3 aliphatic rings. The van der Waals surface area contributed by atoms with Gasteiger partial charge in [0.15, 0.2) is 11.3 Å². The van der Waals surface area contributed by atoms with Crippen LogP contribution in [0.3, 0.4) is 0 Å². The Balaban J connectivity index is 1.30. The summed E-state index contributed by atoms with van der Waals surface area (Å²) in [4.78, 5) is 33.7. The van der Waals surface area contributed by atoms with Crippen LogP contribution in [0.15, 0.2) is 22.7 Å². The zero-order valence-electron chi connectivity index (χ0n) is 15.8. The standard InChI is InChI=1S/C20H25N5O3/c26-19(23-15-7-13-1-4-24(11-13)12-15)16-8-14-9-17(28-18(14)10-22-16)20(27)25-5-2-21-3-6-25/h8-10,13,15,21H,1-7,11-12H2,(H,23,26). The van der Waals surface area contributed by atoms with E-state index in [1.165, 1.54) is 12.6 Å². The van der Waals surface area contributed by atoms with E-state index in [1.54, 1.807) is 17.0 Å². The molecule has 5 rings (SSSR count). The van der Waals surface area contributed by atoms with E-state index in [1.807, 2.05) is 0 Å². The van der Waals surface area contributed by atoms with Crippen molar-refractivity contribution in [2.45, 2.75) is 18.9 Å². The lowest BCUT2D eigenvalue weighted by Crippen LogP contribution is -2.47. The largest absolute Gasteiger partial charge is 0.449 e. The van der Waals surface area contributed by atoms with Gasteiger partial charge in [-0.25, -0.2) is 4.98 Å². The summed E-state index contributed by atoms with van der Waals surface area (Å²) in [5.74, 6) is 0.718. The number of rotatable bonds is 3. The number of furan rings is 1. The Morgan fingerprint density at radius 3 is 2.86 bits per heavy atom. The molecule has 3 atom stereocenters. The number of hydrogen-bond donors (Lipinski definition) is 2. The average Bonchev–Trinajstić information content (AvgIpc) is 3.30. The van der Waals surface area contributed by atoms with Gasteiger partial charge in [0.2, 0.25) is 0 Å². The van der Waals surface area contributed by atoms with Gasteiger partial charge in [0.05, 0.1) is 6.20 Å². The molecule has 148 valence electrons. The number of amides is 2. The Morgan fingerprint density at radius 1 is 1.18 bits per heavy atom. The van der Waals surface area contributed by atoms with Crippen LogP contribution in [-0.4, -0.2) is 78.5 Å². The number of nitrogens with zero attached hydrogens (tertiary/aromatic N) is 3. The first-order valence-corrected chi connectivity index (χ1v) is 10.1. The van der Waals surface area contributed by atoms with E-state index in [9.17, 15) is 9.59 Å². The highest BCUT2D eigenvalue weighted by Gasteiger charge is 2.33. The zero-order valence-corrected chi connectivity index (χ0v) is 15.8. The highest BCUT2D eigenvalue weighted by Crippen LogP contribution is 2.27. The van der Waals surface area contributed by atoms with Gasteiger partial charge in [0.25, 0.3) is 11.8 Å². The first-order chi connectivity index (χ1) is 13.7. The monoisotopic (exact) mass is 383 g/mol. The molecule has 8 heteroatoms. The normalized spacial score (nSPS) is 27.1. The van der Waals surface area contributed by atoms with Crippen LogP contribution in [0.5, 0.6) is 0 Å². The van der Waals surface area contributed by atoms with Crippen molar-refractivity contribution in [2.24, 2.45) is 5.92 Å². The molecular formula is C20H25N5O3. The molecule has 3 aliphatic heterocycles. The number of pyridine rings is 1. The number of piperidine rings is 1. The summed E-state index contributed by atoms with van der Waals surface area (Å²) in [6.07, 6.45) is 3.81. The molecule has 3 fully saturated rings. The average molecular weight is 383 g/mol. The van der Waals surface area contributed by atoms with Gasteiger partial charge in [0, 0.05) is 50.7 Å². The van der Waals surface area contributed by atoms with Crippen molar-refractivity contribution in [2.75, 3.05) is 45.8 Å². The van der Waals surface area contributed by atoms with Gasteiger partial charge in [-0.15, -0.1) is 0 Å². The van der Waals surface area contributed by atoms with Crippen LogP contribution >= 0.6 is 0 Å². The number of nitrogens with one attached hydrogen (secondary N) is 2. The Hall–Kier alpha value is -2.45. The van der Waals surface area contributed by atoms with E-state index in [0.29, 0.717) is 36.0 Å². The van der Waals surface area contributed by atoms with E-state index < -0.39 is 0 Å². The summed E-state index contributed by atoms with van der Waals surface area (Å²) >= 11 is 0. The maximum Gasteiger partial charge on any atom is 0.289 e. The first-order valence-electron chi connectivity index (χ1n) is 10.1. The van der Waals surface area contributed by atoms with Crippen molar-refractivity contribution >= 4 is 22.8 Å². The predicted molar refractivity (Wildman–Crippen MR) is 103 cm³/mol. The van der Waals surface area contributed by atoms with Crippen LogP contribution in [0, 0.1) is 5.92 Å². The summed E-state index contributed by atoms with van der Waals surface area (Å²) in [5.41, 5.74) is 0.888. The molecule has 2 amide bonds. The fraction of sp³-hybridized carbons (Fsp3) is 0.550. The van der Waals surface area contributed by atoms with Gasteiger partial charge in [-0.05, 0) is 37.4 Å². The number of piperazine rings is 1. The molecule has 3 unspecified atom stereocenters. The van der Waals surface area contributed by atoms with Gasteiger partial charge >= 0.3 is 0 Å². The molecule has 0 saturated carbocycles. The molecule has 2 aromatic rings. The lowest BCUT2D eigenvalue weighted by atomic mass is 9.97. The number of hydrogen-bond acceptors (Lipinski definition) is 6. The quantitative estimate of drug-likeness (QED) is 0.811. The third-order valence-electron chi connectivity index (χ3n) is 6.05. The molecule has 2 bridgehead atoms. The molecule has 28 heavy (non-hydrogen) atoms. The molecule has 2 aromatic heterocycles. The molecular weight excluding hydrogens is 358 g/mol. The summed E-state index contributed by atoms with van der Waals surface area (Å²) < 4.78 is 5.69. The summed E-state index contributed by atoms with van der Waals surface area (Å²) in [7, 11) is 0. The Morgan fingerprint density at radius 2 is 2.04 bits per heavy atom. The third-order valence-corrected chi connectivity index (χ3v) is 6.05. The predicted octanol–water partition coefficient (Wildman–Crippen LogP) is 0.697. The van der Waals surface area contributed by atoms with E-state index in [2.05, 4.69) is 20.5 Å². The third kappa shape index (κ3) is 3.38. The first kappa shape index (κ1) is 17.6. The van der Waals surface area contributed by atoms with Crippen LogP contribution in [0.1, 0.15) is 33.9 Å². The Labute approximate surface area is 163 Å². The van der Waals surface area contributed by atoms with Crippen molar-refractivity contribution in [1.82, 2.24) is 25.4 Å². The van der Waals surface area contributed by atoms with Gasteiger partial charge in [-0.2, -0.15) is 0 Å². The molecule has 0 aromatic carbocycles. The smallest absolute Gasteiger partial charge is 0.289 e. The zero-order chi connectivity index (χ0) is 19.1. The van der Waals surface area contributed by atoms with Crippen molar-refractivity contribution in [3.8, 4) is 0 Å². The highest BCUT2D eigenvalue weighted by atomic mass is 16.3.